The number of halogens is 1. The number of hydrogen-bond acceptors (Lipinski definition) is 15. The number of aromatic nitrogens is 1. The molecule has 1 aliphatic carbocycles. The Labute approximate surface area is 401 Å². The van der Waals surface area contributed by atoms with Gasteiger partial charge in [-0.3, -0.25) is 38.7 Å². The van der Waals surface area contributed by atoms with E-state index in [4.69, 9.17) is 34.2 Å². The van der Waals surface area contributed by atoms with Gasteiger partial charge in [0.05, 0.1) is 102 Å². The Balaban J connectivity index is 0.867. The smallest absolute Gasteiger partial charge is 0.254 e. The predicted molar refractivity (Wildman–Crippen MR) is 251 cm³/mol. The van der Waals surface area contributed by atoms with Gasteiger partial charge in [0.25, 0.3) is 11.8 Å². The third-order valence-corrected chi connectivity index (χ3v) is 11.0. The van der Waals surface area contributed by atoms with Crippen LogP contribution in [0, 0.1) is 5.82 Å². The number of ether oxygens (including phenoxy) is 6. The minimum atomic E-state index is -0.971. The maximum atomic E-state index is 15.8. The molecule has 1 aromatic carbocycles. The minimum absolute atomic E-state index is 0.0933. The van der Waals surface area contributed by atoms with Crippen LogP contribution < -0.4 is 21.7 Å². The number of imide groups is 1. The molecule has 6 amide bonds. The van der Waals surface area contributed by atoms with E-state index < -0.39 is 29.0 Å². The van der Waals surface area contributed by atoms with E-state index in [2.05, 4.69) is 25.9 Å². The molecule has 2 aromatic rings. The van der Waals surface area contributed by atoms with E-state index in [1.807, 2.05) is 13.8 Å². The molecule has 376 valence electrons. The maximum Gasteiger partial charge on any atom is 0.254 e. The van der Waals surface area contributed by atoms with E-state index in [1.165, 1.54) is 18.3 Å². The van der Waals surface area contributed by atoms with Crippen molar-refractivity contribution >= 4 is 58.7 Å². The van der Waals surface area contributed by atoms with Crippen molar-refractivity contribution in [3.05, 3.63) is 70.8 Å². The van der Waals surface area contributed by atoms with Gasteiger partial charge in [-0.25, -0.2) is 9.38 Å². The molecule has 0 atom stereocenters. The molecule has 3 aliphatic rings. The lowest BCUT2D eigenvalue weighted by atomic mass is 9.92. The Morgan fingerprint density at radius 1 is 0.768 bits per heavy atom. The number of nitrogens with zero attached hydrogens (tertiary/aromatic N) is 4. The number of carbonyl (C=O) groups excluding carboxylic acids is 6. The van der Waals surface area contributed by atoms with Crippen molar-refractivity contribution in [2.45, 2.75) is 64.3 Å². The van der Waals surface area contributed by atoms with Crippen LogP contribution in [0.25, 0.3) is 6.08 Å². The summed E-state index contributed by atoms with van der Waals surface area (Å²) >= 11 is 0. The topological polar surface area (TPSA) is 252 Å². The first-order valence-corrected chi connectivity index (χ1v) is 23.4. The van der Waals surface area contributed by atoms with Gasteiger partial charge >= 0.3 is 0 Å². The second kappa shape index (κ2) is 28.5. The second-order valence-electron chi connectivity index (χ2n) is 16.4. The Hall–Kier alpha value is -5.97. The zero-order valence-electron chi connectivity index (χ0n) is 39.5. The van der Waals surface area contributed by atoms with Gasteiger partial charge in [-0.1, -0.05) is 13.8 Å². The number of nitrogens with two attached hydrogens (primary N) is 1. The van der Waals surface area contributed by atoms with Gasteiger partial charge in [0.2, 0.25) is 23.6 Å². The normalized spacial score (nSPS) is 14.7. The van der Waals surface area contributed by atoms with Gasteiger partial charge < -0.3 is 55.0 Å². The molecule has 0 radical (unpaired) electrons. The monoisotopic (exact) mass is 964 g/mol. The van der Waals surface area contributed by atoms with E-state index in [-0.39, 0.29) is 80.5 Å². The van der Waals surface area contributed by atoms with Crippen LogP contribution in [0.15, 0.2) is 53.3 Å². The van der Waals surface area contributed by atoms with Gasteiger partial charge in [-0.05, 0) is 61.1 Å². The lowest BCUT2D eigenvalue weighted by molar-refractivity contribution is -0.141. The minimum Gasteiger partial charge on any atom is -0.387 e. The molecule has 69 heavy (non-hydrogen) atoms. The van der Waals surface area contributed by atoms with Crippen LogP contribution in [-0.4, -0.2) is 162 Å². The van der Waals surface area contributed by atoms with Gasteiger partial charge in [-0.2, -0.15) is 0 Å². The van der Waals surface area contributed by atoms with Gasteiger partial charge in [0.1, 0.15) is 18.2 Å². The molecule has 1 fully saturated rings. The summed E-state index contributed by atoms with van der Waals surface area (Å²) in [5.74, 6) is -2.58. The summed E-state index contributed by atoms with van der Waals surface area (Å²) in [6, 6.07) is 4.75. The molecule has 3 heterocycles. The number of rotatable bonds is 33. The first kappa shape index (κ1) is 54.0. The number of aliphatic imine (C=N–C) groups is 1. The zero-order valence-corrected chi connectivity index (χ0v) is 39.5. The van der Waals surface area contributed by atoms with E-state index in [0.29, 0.717) is 114 Å². The molecule has 1 saturated carbocycles. The SMILES string of the molecule is CCCN(CCC)C(=O)C1=Cc2c(F)cc(C3(C(=O)Nc4cncc(CNC(=O)CCOCCOCCOCCOCCOCCOCCNC(=O)CN5C(=O)C=CC5=O)c4)CC3)cc2N=C(N)C1. The van der Waals surface area contributed by atoms with Crippen LogP contribution in [0.5, 0.6) is 0 Å². The highest BCUT2D eigenvalue weighted by atomic mass is 19.1. The van der Waals surface area contributed by atoms with Crippen LogP contribution in [0.3, 0.4) is 0 Å². The van der Waals surface area contributed by atoms with Gasteiger partial charge in [0, 0.05) is 68.5 Å². The standard InChI is InChI=1S/C48H65FN8O12/c1-3-11-56(12-4-2)46(62)35-26-38-39(49)28-36(29-40(38)55-41(50)27-35)48(8-9-48)47(63)54-37-25-34(30-51-32-37)31-53-42(58)7-13-64-15-17-66-19-21-68-23-24-69-22-20-67-18-16-65-14-10-52-43(59)33-57-44(60)5-6-45(57)61/h5-6,25-26,28-30,32H,3-4,7-24,27,31,33H2,1-2H3,(H2,50,55)(H,52,59)(H,53,58)(H,54,63). The quantitative estimate of drug-likeness (QED) is 0.0593. The first-order valence-electron chi connectivity index (χ1n) is 23.4. The largest absolute Gasteiger partial charge is 0.387 e. The highest BCUT2D eigenvalue weighted by Crippen LogP contribution is 2.50. The molecule has 20 nitrogen and oxygen atoms in total. The summed E-state index contributed by atoms with van der Waals surface area (Å²) in [4.78, 5) is 85.7. The predicted octanol–water partition coefficient (Wildman–Crippen LogP) is 2.46. The number of pyridine rings is 1. The van der Waals surface area contributed by atoms with Crippen molar-refractivity contribution in [2.24, 2.45) is 10.7 Å². The average Bonchev–Trinajstić information content (AvgIpc) is 4.12. The number of hydrogen-bond donors (Lipinski definition) is 4. The third-order valence-electron chi connectivity index (χ3n) is 11.0. The highest BCUT2D eigenvalue weighted by Gasteiger charge is 2.52. The Morgan fingerprint density at radius 2 is 1.35 bits per heavy atom. The highest BCUT2D eigenvalue weighted by molar-refractivity contribution is 6.14. The number of anilines is 1. The van der Waals surface area contributed by atoms with E-state index in [0.717, 1.165) is 29.9 Å². The van der Waals surface area contributed by atoms with E-state index in [1.54, 1.807) is 23.2 Å². The van der Waals surface area contributed by atoms with Crippen LogP contribution in [0.2, 0.25) is 0 Å². The molecule has 0 unspecified atom stereocenters. The first-order chi connectivity index (χ1) is 33.4. The van der Waals surface area contributed by atoms with Crippen molar-refractivity contribution in [2.75, 3.05) is 111 Å². The lowest BCUT2D eigenvalue weighted by Crippen LogP contribution is -2.41. The average molecular weight is 965 g/mol. The second-order valence-corrected chi connectivity index (χ2v) is 16.4. The molecule has 5 N–H and O–H groups in total. The number of nitrogens with one attached hydrogen (secondary N) is 3. The number of amidine groups is 1. The van der Waals surface area contributed by atoms with Gasteiger partial charge in [-0.15, -0.1) is 0 Å². The molecular formula is C48H65FN8O12. The summed E-state index contributed by atoms with van der Waals surface area (Å²) in [6.07, 6.45) is 9.71. The van der Waals surface area contributed by atoms with Crippen LogP contribution in [-0.2, 0) is 69.1 Å². The fourth-order valence-corrected chi connectivity index (χ4v) is 7.30. The molecule has 5 rings (SSSR count). The summed E-state index contributed by atoms with van der Waals surface area (Å²) < 4.78 is 48.6. The Bertz CT molecular complexity index is 2160. The Morgan fingerprint density at radius 3 is 1.93 bits per heavy atom. The van der Waals surface area contributed by atoms with Crippen molar-refractivity contribution in [1.82, 2.24) is 25.4 Å². The number of amides is 6. The molecule has 2 aliphatic heterocycles. The molecule has 0 bridgehead atoms. The molecule has 21 heteroatoms. The van der Waals surface area contributed by atoms with Crippen molar-refractivity contribution in [1.29, 1.82) is 0 Å². The van der Waals surface area contributed by atoms with Gasteiger partial charge in [0.15, 0.2) is 0 Å². The maximum absolute atomic E-state index is 15.8. The molecule has 0 spiro atoms. The van der Waals surface area contributed by atoms with Crippen molar-refractivity contribution in [3.63, 3.8) is 0 Å². The molecule has 1 aromatic heterocycles. The number of fused-ring (bicyclic) bond motifs is 1. The molecule has 0 saturated heterocycles. The summed E-state index contributed by atoms with van der Waals surface area (Å²) in [5, 5.41) is 8.33. The summed E-state index contributed by atoms with van der Waals surface area (Å²) in [5.41, 5.74) is 7.66. The van der Waals surface area contributed by atoms with E-state index in [9.17, 15) is 28.8 Å². The Kier molecular flexibility index (Phi) is 22.3. The van der Waals surface area contributed by atoms with Crippen LogP contribution in [0.4, 0.5) is 15.8 Å². The fraction of sp³-hybridized carbons (Fsp3) is 0.542. The van der Waals surface area contributed by atoms with Crippen molar-refractivity contribution < 1.29 is 61.6 Å². The lowest BCUT2D eigenvalue weighted by Gasteiger charge is -2.22. The summed E-state index contributed by atoms with van der Waals surface area (Å²) in [7, 11) is 0. The van der Waals surface area contributed by atoms with Crippen molar-refractivity contribution in [3.8, 4) is 0 Å². The zero-order chi connectivity index (χ0) is 49.4. The van der Waals surface area contributed by atoms with E-state index >= 15 is 4.39 Å². The third kappa shape index (κ3) is 17.5. The van der Waals surface area contributed by atoms with Crippen LogP contribution >= 0.6 is 0 Å². The number of benzene rings is 1. The van der Waals surface area contributed by atoms with Crippen LogP contribution in [0.1, 0.15) is 69.1 Å². The number of carbonyl (C=O) groups is 6. The molecular weight excluding hydrogens is 900 g/mol. The summed E-state index contributed by atoms with van der Waals surface area (Å²) in [6.45, 7) is 9.37. The fourth-order valence-electron chi connectivity index (χ4n) is 7.30.